The first-order valence-corrected chi connectivity index (χ1v) is 5.29. The smallest absolute Gasteiger partial charge is 0.188 e. The normalized spacial score (nSPS) is 13.5. The third-order valence-corrected chi connectivity index (χ3v) is 2.08. The molecule has 0 aliphatic rings. The van der Waals surface area contributed by atoms with E-state index in [9.17, 15) is 0 Å². The number of rotatable bonds is 4. The summed E-state index contributed by atoms with van der Waals surface area (Å²) in [6.07, 6.45) is 1.54. The summed E-state index contributed by atoms with van der Waals surface area (Å²) >= 11 is 0. The number of hydrogen-bond donors (Lipinski definition) is 3. The average Bonchev–Trinajstić information content (AvgIpc) is 2.37. The fourth-order valence-corrected chi connectivity index (χ4v) is 1.28. The van der Waals surface area contributed by atoms with Crippen molar-refractivity contribution in [1.82, 2.24) is 0 Å². The molecule has 18 heavy (non-hydrogen) atoms. The standard InChI is InChI=1S/C13H16N4O/c1-9(2)16-12(13(15)17-18)8-11(14)10-6-4-3-5-7-10/h3-8,18H,1,14H2,2H3,(H2,15,17)/b11-8-,16-12+. The Morgan fingerprint density at radius 3 is 2.39 bits per heavy atom. The first-order chi connectivity index (χ1) is 8.54. The molecule has 5 nitrogen and oxygen atoms in total. The topological polar surface area (TPSA) is 97.0 Å². The number of allylic oxidation sites excluding steroid dienone is 1. The molecule has 0 saturated carbocycles. The van der Waals surface area contributed by atoms with Crippen LogP contribution in [0.4, 0.5) is 0 Å². The Balaban J connectivity index is 3.14. The molecule has 0 heterocycles. The number of hydrogen-bond acceptors (Lipinski definition) is 4. The molecule has 0 atom stereocenters. The third-order valence-electron chi connectivity index (χ3n) is 2.08. The quantitative estimate of drug-likeness (QED) is 0.325. The van der Waals surface area contributed by atoms with E-state index < -0.39 is 0 Å². The van der Waals surface area contributed by atoms with Gasteiger partial charge in [0, 0.05) is 11.4 Å². The van der Waals surface area contributed by atoms with Crippen LogP contribution in [0.2, 0.25) is 0 Å². The molecule has 0 spiro atoms. The molecule has 94 valence electrons. The van der Waals surface area contributed by atoms with Crippen LogP contribution in [0.1, 0.15) is 12.5 Å². The molecule has 0 amide bonds. The van der Waals surface area contributed by atoms with Crippen LogP contribution in [-0.4, -0.2) is 16.8 Å². The Labute approximate surface area is 106 Å². The van der Waals surface area contributed by atoms with E-state index in [4.69, 9.17) is 16.7 Å². The third kappa shape index (κ3) is 3.79. The van der Waals surface area contributed by atoms with Crippen molar-refractivity contribution in [3.05, 3.63) is 54.2 Å². The van der Waals surface area contributed by atoms with Crippen molar-refractivity contribution in [2.75, 3.05) is 0 Å². The van der Waals surface area contributed by atoms with Gasteiger partial charge in [-0.2, -0.15) is 0 Å². The van der Waals surface area contributed by atoms with Gasteiger partial charge in [-0.15, -0.1) is 0 Å². The number of aliphatic imine (C=N–C) groups is 1. The van der Waals surface area contributed by atoms with Crippen molar-refractivity contribution in [2.45, 2.75) is 6.92 Å². The maximum Gasteiger partial charge on any atom is 0.188 e. The molecule has 5 N–H and O–H groups in total. The van der Waals surface area contributed by atoms with E-state index in [2.05, 4.69) is 16.7 Å². The lowest BCUT2D eigenvalue weighted by Crippen LogP contribution is -2.23. The Kier molecular flexibility index (Phi) is 4.68. The fourth-order valence-electron chi connectivity index (χ4n) is 1.28. The lowest BCUT2D eigenvalue weighted by molar-refractivity contribution is 0.319. The minimum Gasteiger partial charge on any atom is -0.409 e. The molecule has 0 fully saturated rings. The van der Waals surface area contributed by atoms with Gasteiger partial charge in [-0.25, -0.2) is 0 Å². The van der Waals surface area contributed by atoms with Crippen LogP contribution in [0.3, 0.4) is 0 Å². The predicted octanol–water partition coefficient (Wildman–Crippen LogP) is 1.71. The summed E-state index contributed by atoms with van der Waals surface area (Å²) in [4.78, 5) is 4.06. The van der Waals surface area contributed by atoms with Gasteiger partial charge in [0.05, 0.1) is 0 Å². The average molecular weight is 244 g/mol. The van der Waals surface area contributed by atoms with Crippen LogP contribution >= 0.6 is 0 Å². The summed E-state index contributed by atoms with van der Waals surface area (Å²) in [6.45, 7) is 5.35. The second-order valence-corrected chi connectivity index (χ2v) is 3.68. The zero-order chi connectivity index (χ0) is 13.5. The number of nitrogens with zero attached hydrogens (tertiary/aromatic N) is 2. The summed E-state index contributed by atoms with van der Waals surface area (Å²) in [5, 5.41) is 11.6. The van der Waals surface area contributed by atoms with Crippen molar-refractivity contribution in [1.29, 1.82) is 0 Å². The van der Waals surface area contributed by atoms with Crippen molar-refractivity contribution in [2.24, 2.45) is 21.6 Å². The maximum absolute atomic E-state index is 8.68. The number of nitrogens with two attached hydrogens (primary N) is 2. The van der Waals surface area contributed by atoms with Gasteiger partial charge in [-0.05, 0) is 18.6 Å². The van der Waals surface area contributed by atoms with Crippen molar-refractivity contribution in [3.8, 4) is 0 Å². The summed E-state index contributed by atoms with van der Waals surface area (Å²) in [5.41, 5.74) is 13.6. The number of amidine groups is 1. The monoisotopic (exact) mass is 244 g/mol. The van der Waals surface area contributed by atoms with Crippen LogP contribution in [0.25, 0.3) is 5.70 Å². The highest BCUT2D eigenvalue weighted by atomic mass is 16.4. The zero-order valence-electron chi connectivity index (χ0n) is 10.2. The molecule has 1 rings (SSSR count). The Morgan fingerprint density at radius 1 is 1.28 bits per heavy atom. The molecule has 1 aromatic rings. The van der Waals surface area contributed by atoms with Gasteiger partial charge in [0.25, 0.3) is 0 Å². The number of oxime groups is 1. The van der Waals surface area contributed by atoms with Gasteiger partial charge in [-0.3, -0.25) is 4.99 Å². The highest BCUT2D eigenvalue weighted by Gasteiger charge is 2.05. The first-order valence-electron chi connectivity index (χ1n) is 5.29. The molecule has 0 radical (unpaired) electrons. The van der Waals surface area contributed by atoms with E-state index in [1.165, 1.54) is 0 Å². The van der Waals surface area contributed by atoms with E-state index in [1.807, 2.05) is 30.3 Å². The van der Waals surface area contributed by atoms with Gasteiger partial charge in [0.2, 0.25) is 0 Å². The molecule has 0 saturated heterocycles. The van der Waals surface area contributed by atoms with E-state index in [0.717, 1.165) is 5.56 Å². The zero-order valence-corrected chi connectivity index (χ0v) is 10.2. The second kappa shape index (κ2) is 6.24. The van der Waals surface area contributed by atoms with Crippen molar-refractivity contribution in [3.63, 3.8) is 0 Å². The van der Waals surface area contributed by atoms with Crippen LogP contribution in [-0.2, 0) is 0 Å². The molecular weight excluding hydrogens is 228 g/mol. The fraction of sp³-hybridized carbons (Fsp3) is 0.0769. The minimum atomic E-state index is -0.114. The van der Waals surface area contributed by atoms with Crippen LogP contribution in [0, 0.1) is 0 Å². The lowest BCUT2D eigenvalue weighted by Gasteiger charge is -2.03. The Morgan fingerprint density at radius 2 is 1.89 bits per heavy atom. The summed E-state index contributed by atoms with van der Waals surface area (Å²) in [7, 11) is 0. The SMILES string of the molecule is C=C(C)/N=C(\C=C(/N)c1ccccc1)C(/N)=N/O. The van der Waals surface area contributed by atoms with Crippen LogP contribution in [0.5, 0.6) is 0 Å². The first kappa shape index (κ1) is 13.5. The van der Waals surface area contributed by atoms with Gasteiger partial charge in [0.1, 0.15) is 5.71 Å². The van der Waals surface area contributed by atoms with E-state index in [0.29, 0.717) is 11.4 Å². The molecule has 0 bridgehead atoms. The van der Waals surface area contributed by atoms with E-state index in [1.54, 1.807) is 13.0 Å². The van der Waals surface area contributed by atoms with Gasteiger partial charge < -0.3 is 16.7 Å². The summed E-state index contributed by atoms with van der Waals surface area (Å²) < 4.78 is 0. The van der Waals surface area contributed by atoms with E-state index in [-0.39, 0.29) is 11.5 Å². The highest BCUT2D eigenvalue weighted by molar-refractivity contribution is 6.46. The van der Waals surface area contributed by atoms with E-state index >= 15 is 0 Å². The maximum atomic E-state index is 8.68. The molecule has 5 heteroatoms. The minimum absolute atomic E-state index is 0.114. The van der Waals surface area contributed by atoms with Crippen LogP contribution < -0.4 is 11.5 Å². The Hall–Kier alpha value is -2.56. The molecule has 0 aliphatic carbocycles. The van der Waals surface area contributed by atoms with Crippen molar-refractivity contribution >= 4 is 17.2 Å². The molecule has 0 aromatic heterocycles. The highest BCUT2D eigenvalue weighted by Crippen LogP contribution is 2.08. The predicted molar refractivity (Wildman–Crippen MR) is 74.3 cm³/mol. The lowest BCUT2D eigenvalue weighted by atomic mass is 10.1. The second-order valence-electron chi connectivity index (χ2n) is 3.68. The molecule has 1 aromatic carbocycles. The molecule has 0 unspecified atom stereocenters. The van der Waals surface area contributed by atoms with Crippen LogP contribution in [0.15, 0.2) is 58.8 Å². The van der Waals surface area contributed by atoms with Gasteiger partial charge in [0.15, 0.2) is 5.84 Å². The summed E-state index contributed by atoms with van der Waals surface area (Å²) in [5.74, 6) is -0.114. The number of benzene rings is 1. The largest absolute Gasteiger partial charge is 0.409 e. The van der Waals surface area contributed by atoms with Crippen molar-refractivity contribution < 1.29 is 5.21 Å². The van der Waals surface area contributed by atoms with Gasteiger partial charge in [-0.1, -0.05) is 42.1 Å². The summed E-state index contributed by atoms with van der Waals surface area (Å²) in [6, 6.07) is 9.35. The Bertz CT molecular complexity index is 515. The van der Waals surface area contributed by atoms with Gasteiger partial charge >= 0.3 is 0 Å². The molecular formula is C13H16N4O. The molecule has 0 aliphatic heterocycles.